The number of carboxylic acids is 1. The Morgan fingerprint density at radius 2 is 1.62 bits per heavy atom. The second kappa shape index (κ2) is 11.1. The molecular formula is C26H25Cl3N4O4. The Kier molecular flexibility index (Phi) is 8.11. The SMILES string of the molecule is CC1([C@H](NC(=O)c2nc3ccccc3cc2NC(=O)Nc2c(Cl)cc(Cl)cc2Cl)C(=O)O)CCCCC1. The van der Waals surface area contributed by atoms with Crippen LogP contribution in [0.2, 0.25) is 15.1 Å². The zero-order valence-corrected chi connectivity index (χ0v) is 22.2. The number of carbonyl (C=O) groups excluding carboxylic acids is 2. The third-order valence-corrected chi connectivity index (χ3v) is 7.46. The van der Waals surface area contributed by atoms with Gasteiger partial charge in [0.2, 0.25) is 0 Å². The number of hydrogen-bond acceptors (Lipinski definition) is 4. The second-order valence-corrected chi connectivity index (χ2v) is 10.6. The number of amides is 3. The van der Waals surface area contributed by atoms with Crippen molar-refractivity contribution in [2.75, 3.05) is 10.6 Å². The predicted molar refractivity (Wildman–Crippen MR) is 146 cm³/mol. The molecule has 1 saturated carbocycles. The number of nitrogens with zero attached hydrogens (tertiary/aromatic N) is 1. The summed E-state index contributed by atoms with van der Waals surface area (Å²) in [6.45, 7) is 1.88. The lowest BCUT2D eigenvalue weighted by atomic mass is 9.70. The maximum atomic E-state index is 13.4. The van der Waals surface area contributed by atoms with Crippen LogP contribution in [0.25, 0.3) is 10.9 Å². The van der Waals surface area contributed by atoms with E-state index >= 15 is 0 Å². The molecule has 0 bridgehead atoms. The van der Waals surface area contributed by atoms with Crippen LogP contribution in [0.15, 0.2) is 42.5 Å². The highest BCUT2D eigenvalue weighted by Crippen LogP contribution is 2.39. The number of rotatable bonds is 6. The molecule has 194 valence electrons. The van der Waals surface area contributed by atoms with E-state index < -0.39 is 29.4 Å². The molecule has 0 radical (unpaired) electrons. The average molecular weight is 564 g/mol. The van der Waals surface area contributed by atoms with Crippen molar-refractivity contribution in [3.8, 4) is 0 Å². The number of urea groups is 1. The molecule has 0 saturated heterocycles. The van der Waals surface area contributed by atoms with E-state index in [1.165, 1.54) is 12.1 Å². The molecule has 1 heterocycles. The molecule has 11 heteroatoms. The maximum Gasteiger partial charge on any atom is 0.326 e. The van der Waals surface area contributed by atoms with Crippen LogP contribution in [-0.4, -0.2) is 34.0 Å². The first-order valence-corrected chi connectivity index (χ1v) is 12.9. The number of aromatic nitrogens is 1. The van der Waals surface area contributed by atoms with E-state index in [2.05, 4.69) is 20.9 Å². The number of aliphatic carboxylic acids is 1. The quantitative estimate of drug-likeness (QED) is 0.257. The van der Waals surface area contributed by atoms with Gasteiger partial charge in [0.05, 0.1) is 26.9 Å². The number of halogens is 3. The first-order chi connectivity index (χ1) is 17.6. The van der Waals surface area contributed by atoms with Crippen LogP contribution in [0.3, 0.4) is 0 Å². The average Bonchev–Trinajstić information content (AvgIpc) is 2.84. The van der Waals surface area contributed by atoms with Crippen molar-refractivity contribution >= 4 is 75.0 Å². The van der Waals surface area contributed by atoms with Crippen molar-refractivity contribution < 1.29 is 19.5 Å². The predicted octanol–water partition coefficient (Wildman–Crippen LogP) is 6.99. The zero-order valence-electron chi connectivity index (χ0n) is 19.9. The Labute approximate surface area is 228 Å². The van der Waals surface area contributed by atoms with Crippen molar-refractivity contribution in [3.63, 3.8) is 0 Å². The number of hydrogen-bond donors (Lipinski definition) is 4. The van der Waals surface area contributed by atoms with E-state index in [0.717, 1.165) is 19.3 Å². The third-order valence-electron chi connectivity index (χ3n) is 6.65. The molecule has 1 fully saturated rings. The summed E-state index contributed by atoms with van der Waals surface area (Å²) in [5.41, 5.74) is 0.0313. The lowest BCUT2D eigenvalue weighted by Crippen LogP contribution is -2.52. The lowest BCUT2D eigenvalue weighted by molar-refractivity contribution is -0.143. The van der Waals surface area contributed by atoms with Gasteiger partial charge in [0.1, 0.15) is 6.04 Å². The van der Waals surface area contributed by atoms with Gasteiger partial charge in [-0.3, -0.25) is 4.79 Å². The summed E-state index contributed by atoms with van der Waals surface area (Å²) in [6.07, 6.45) is 4.20. The monoisotopic (exact) mass is 562 g/mol. The van der Waals surface area contributed by atoms with Gasteiger partial charge in [-0.15, -0.1) is 0 Å². The number of benzene rings is 2. The van der Waals surface area contributed by atoms with Crippen LogP contribution >= 0.6 is 34.8 Å². The Morgan fingerprint density at radius 1 is 0.973 bits per heavy atom. The number of fused-ring (bicyclic) bond motifs is 1. The van der Waals surface area contributed by atoms with Gasteiger partial charge in [-0.2, -0.15) is 0 Å². The summed E-state index contributed by atoms with van der Waals surface area (Å²) in [5, 5.41) is 19.0. The number of carboxylic acid groups (broad SMARTS) is 1. The number of pyridine rings is 1. The highest BCUT2D eigenvalue weighted by atomic mass is 35.5. The zero-order chi connectivity index (χ0) is 26.7. The van der Waals surface area contributed by atoms with Gasteiger partial charge in [0, 0.05) is 10.4 Å². The topological polar surface area (TPSA) is 120 Å². The van der Waals surface area contributed by atoms with Crippen molar-refractivity contribution in [2.24, 2.45) is 5.41 Å². The largest absolute Gasteiger partial charge is 0.480 e. The molecule has 1 atom stereocenters. The minimum atomic E-state index is -1.11. The molecule has 4 N–H and O–H groups in total. The Balaban J connectivity index is 1.65. The molecule has 0 unspecified atom stereocenters. The second-order valence-electron chi connectivity index (χ2n) is 9.36. The summed E-state index contributed by atoms with van der Waals surface area (Å²) in [5.74, 6) is -1.82. The normalized spacial score (nSPS) is 15.6. The molecule has 3 aromatic rings. The molecule has 2 aromatic carbocycles. The van der Waals surface area contributed by atoms with E-state index in [1.54, 1.807) is 30.3 Å². The fourth-order valence-electron chi connectivity index (χ4n) is 4.69. The summed E-state index contributed by atoms with van der Waals surface area (Å²) >= 11 is 18.3. The fourth-order valence-corrected chi connectivity index (χ4v) is 5.61. The first kappa shape index (κ1) is 27.0. The van der Waals surface area contributed by atoms with E-state index in [-0.39, 0.29) is 27.1 Å². The van der Waals surface area contributed by atoms with Crippen LogP contribution < -0.4 is 16.0 Å². The highest BCUT2D eigenvalue weighted by molar-refractivity contribution is 6.42. The fraction of sp³-hybridized carbons (Fsp3) is 0.308. The molecule has 1 aromatic heterocycles. The van der Waals surface area contributed by atoms with Crippen LogP contribution in [0.1, 0.15) is 49.5 Å². The molecular weight excluding hydrogens is 539 g/mol. The van der Waals surface area contributed by atoms with Gasteiger partial charge >= 0.3 is 12.0 Å². The van der Waals surface area contributed by atoms with Crippen molar-refractivity contribution in [1.29, 1.82) is 0 Å². The molecule has 4 rings (SSSR count). The molecule has 3 amide bonds. The molecule has 37 heavy (non-hydrogen) atoms. The third kappa shape index (κ3) is 6.09. The smallest absolute Gasteiger partial charge is 0.326 e. The van der Waals surface area contributed by atoms with E-state index in [4.69, 9.17) is 34.8 Å². The van der Waals surface area contributed by atoms with E-state index in [1.807, 2.05) is 6.92 Å². The minimum absolute atomic E-state index is 0.0906. The Morgan fingerprint density at radius 3 is 2.27 bits per heavy atom. The minimum Gasteiger partial charge on any atom is -0.480 e. The van der Waals surface area contributed by atoms with Crippen LogP contribution in [-0.2, 0) is 4.79 Å². The summed E-state index contributed by atoms with van der Waals surface area (Å²) < 4.78 is 0. The molecule has 1 aliphatic carbocycles. The van der Waals surface area contributed by atoms with Gasteiger partial charge in [-0.1, -0.05) is 79.2 Å². The van der Waals surface area contributed by atoms with Gasteiger partial charge in [0.15, 0.2) is 5.69 Å². The Hall–Kier alpha value is -3.07. The Bertz CT molecular complexity index is 1350. The number of carbonyl (C=O) groups is 3. The highest BCUT2D eigenvalue weighted by Gasteiger charge is 2.41. The van der Waals surface area contributed by atoms with Gasteiger partial charge in [-0.05, 0) is 42.5 Å². The van der Waals surface area contributed by atoms with Gasteiger partial charge in [-0.25, -0.2) is 14.6 Å². The number of nitrogens with one attached hydrogen (secondary N) is 3. The van der Waals surface area contributed by atoms with Crippen LogP contribution in [0.4, 0.5) is 16.2 Å². The molecule has 1 aliphatic rings. The van der Waals surface area contributed by atoms with Crippen molar-refractivity contribution in [3.05, 3.63) is 63.2 Å². The maximum absolute atomic E-state index is 13.4. The molecule has 8 nitrogen and oxygen atoms in total. The van der Waals surface area contributed by atoms with E-state index in [9.17, 15) is 19.5 Å². The lowest BCUT2D eigenvalue weighted by Gasteiger charge is -2.38. The van der Waals surface area contributed by atoms with Gasteiger partial charge < -0.3 is 21.1 Å². The summed E-state index contributed by atoms with van der Waals surface area (Å²) in [7, 11) is 0. The summed E-state index contributed by atoms with van der Waals surface area (Å²) in [4.78, 5) is 42.9. The molecule has 0 aliphatic heterocycles. The van der Waals surface area contributed by atoms with Crippen molar-refractivity contribution in [2.45, 2.75) is 45.1 Å². The standard InChI is InChI=1S/C26H25Cl3N4O4/c1-26(9-5-2-6-10-26)22(24(35)36)33-23(34)21-19(11-14-7-3-4-8-18(14)30-21)31-25(37)32-20-16(28)12-15(27)13-17(20)29/h3-4,7-8,11-13,22H,2,5-6,9-10H2,1H3,(H,33,34)(H,35,36)(H2,31,32,37)/t22-/m1/s1. The van der Waals surface area contributed by atoms with Crippen LogP contribution in [0.5, 0.6) is 0 Å². The van der Waals surface area contributed by atoms with Crippen molar-refractivity contribution in [1.82, 2.24) is 10.3 Å². The number of para-hydroxylation sites is 1. The molecule has 0 spiro atoms. The number of anilines is 2. The van der Waals surface area contributed by atoms with Crippen LogP contribution in [0, 0.1) is 5.41 Å². The van der Waals surface area contributed by atoms with E-state index in [0.29, 0.717) is 28.8 Å². The summed E-state index contributed by atoms with van der Waals surface area (Å²) in [6, 6.07) is 9.69. The first-order valence-electron chi connectivity index (χ1n) is 11.7. The van der Waals surface area contributed by atoms with Gasteiger partial charge in [0.25, 0.3) is 5.91 Å².